The number of nitrogens with one attached hydrogen (secondary N) is 1. The second-order valence-electron chi connectivity index (χ2n) is 5.95. The van der Waals surface area contributed by atoms with Gasteiger partial charge in [-0.05, 0) is 40.7 Å². The van der Waals surface area contributed by atoms with Crippen molar-refractivity contribution in [1.82, 2.24) is 15.2 Å². The molecule has 0 spiro atoms. The van der Waals surface area contributed by atoms with Crippen molar-refractivity contribution in [3.05, 3.63) is 15.6 Å². The van der Waals surface area contributed by atoms with Gasteiger partial charge in [0.1, 0.15) is 5.01 Å². The lowest BCUT2D eigenvalue weighted by Crippen LogP contribution is -2.54. The molecule has 114 valence electrons. The monoisotopic (exact) mass is 297 g/mol. The quantitative estimate of drug-likeness (QED) is 0.846. The van der Waals surface area contributed by atoms with Gasteiger partial charge < -0.3 is 15.0 Å². The van der Waals surface area contributed by atoms with Crippen LogP contribution in [0.1, 0.15) is 35.3 Å². The van der Waals surface area contributed by atoms with Crippen molar-refractivity contribution in [2.45, 2.75) is 45.2 Å². The molecular weight excluding hydrogens is 270 g/mol. The highest BCUT2D eigenvalue weighted by Crippen LogP contribution is 2.38. The van der Waals surface area contributed by atoms with E-state index >= 15 is 0 Å². The first-order valence-electron chi connectivity index (χ1n) is 7.37. The standard InChI is InChI=1S/C15H27N3OS/c1-11-10-15(6-8-18(11)4,16-7-9-19-5)14-17-12(2)13(3)20-14/h11,16H,6-10H2,1-5H3. The molecule has 1 saturated heterocycles. The van der Waals surface area contributed by atoms with Gasteiger partial charge in [0.15, 0.2) is 0 Å². The highest BCUT2D eigenvalue weighted by atomic mass is 32.1. The van der Waals surface area contributed by atoms with Crippen molar-refractivity contribution in [2.75, 3.05) is 33.9 Å². The summed E-state index contributed by atoms with van der Waals surface area (Å²) in [4.78, 5) is 8.61. The maximum absolute atomic E-state index is 5.20. The lowest BCUT2D eigenvalue weighted by Gasteiger charge is -2.44. The molecule has 0 aromatic carbocycles. The number of methoxy groups -OCH3 is 1. The van der Waals surface area contributed by atoms with E-state index in [1.807, 2.05) is 11.3 Å². The lowest BCUT2D eigenvalue weighted by atomic mass is 9.84. The van der Waals surface area contributed by atoms with Crippen LogP contribution < -0.4 is 5.32 Å². The van der Waals surface area contributed by atoms with E-state index in [1.54, 1.807) is 7.11 Å². The highest BCUT2D eigenvalue weighted by molar-refractivity contribution is 7.11. The molecule has 1 N–H and O–H groups in total. The molecule has 0 saturated carbocycles. The molecule has 0 aliphatic carbocycles. The Morgan fingerprint density at radius 1 is 1.50 bits per heavy atom. The molecular formula is C15H27N3OS. The van der Waals surface area contributed by atoms with Crippen LogP contribution in [-0.4, -0.2) is 49.8 Å². The fourth-order valence-electron chi connectivity index (χ4n) is 2.85. The van der Waals surface area contributed by atoms with Gasteiger partial charge in [-0.3, -0.25) is 0 Å². The Hall–Kier alpha value is -0.490. The van der Waals surface area contributed by atoms with Crippen LogP contribution >= 0.6 is 11.3 Å². The van der Waals surface area contributed by atoms with Crippen molar-refractivity contribution in [2.24, 2.45) is 0 Å². The summed E-state index contributed by atoms with van der Waals surface area (Å²) >= 11 is 1.85. The van der Waals surface area contributed by atoms with Crippen LogP contribution in [0, 0.1) is 13.8 Å². The summed E-state index contributed by atoms with van der Waals surface area (Å²) in [5.74, 6) is 0. The van der Waals surface area contributed by atoms with Crippen molar-refractivity contribution in [1.29, 1.82) is 0 Å². The fraction of sp³-hybridized carbons (Fsp3) is 0.800. The summed E-state index contributed by atoms with van der Waals surface area (Å²) in [6.45, 7) is 9.31. The molecule has 1 aliphatic heterocycles. The van der Waals surface area contributed by atoms with Gasteiger partial charge >= 0.3 is 0 Å². The maximum atomic E-state index is 5.20. The number of rotatable bonds is 5. The van der Waals surface area contributed by atoms with Gasteiger partial charge in [-0.15, -0.1) is 11.3 Å². The average Bonchev–Trinajstić information content (AvgIpc) is 2.75. The third kappa shape index (κ3) is 3.22. The number of likely N-dealkylation sites (tertiary alicyclic amines) is 1. The van der Waals surface area contributed by atoms with Crippen LogP contribution in [0.2, 0.25) is 0 Å². The summed E-state index contributed by atoms with van der Waals surface area (Å²) in [6, 6.07) is 0.573. The van der Waals surface area contributed by atoms with Gasteiger partial charge in [0.05, 0.1) is 17.8 Å². The minimum atomic E-state index is 0.0220. The number of ether oxygens (including phenoxy) is 1. The third-order valence-electron chi connectivity index (χ3n) is 4.50. The molecule has 2 atom stereocenters. The number of aryl methyl sites for hydroxylation is 2. The normalized spacial score (nSPS) is 27.9. The predicted molar refractivity (Wildman–Crippen MR) is 84.5 cm³/mol. The smallest absolute Gasteiger partial charge is 0.113 e. The first-order chi connectivity index (χ1) is 9.48. The summed E-state index contributed by atoms with van der Waals surface area (Å²) in [6.07, 6.45) is 2.23. The summed E-state index contributed by atoms with van der Waals surface area (Å²) in [5, 5.41) is 4.99. The van der Waals surface area contributed by atoms with E-state index in [0.29, 0.717) is 6.04 Å². The van der Waals surface area contributed by atoms with Crippen LogP contribution in [0.15, 0.2) is 0 Å². The third-order valence-corrected chi connectivity index (χ3v) is 5.77. The maximum Gasteiger partial charge on any atom is 0.113 e. The molecule has 2 heterocycles. The minimum Gasteiger partial charge on any atom is -0.383 e. The Kier molecular flexibility index (Phi) is 5.18. The van der Waals surface area contributed by atoms with E-state index in [9.17, 15) is 0 Å². The lowest BCUT2D eigenvalue weighted by molar-refractivity contribution is 0.0960. The topological polar surface area (TPSA) is 37.4 Å². The van der Waals surface area contributed by atoms with Crippen LogP contribution in [0.4, 0.5) is 0 Å². The first-order valence-corrected chi connectivity index (χ1v) is 8.19. The second kappa shape index (κ2) is 6.52. The molecule has 2 rings (SSSR count). The fourth-order valence-corrected chi connectivity index (χ4v) is 3.97. The molecule has 0 radical (unpaired) electrons. The molecule has 1 aromatic heterocycles. The van der Waals surface area contributed by atoms with Crippen LogP contribution in [0.3, 0.4) is 0 Å². The van der Waals surface area contributed by atoms with Crippen molar-refractivity contribution in [3.63, 3.8) is 0 Å². The molecule has 20 heavy (non-hydrogen) atoms. The SMILES string of the molecule is COCCNC1(c2nc(C)c(C)s2)CCN(C)C(C)C1. The van der Waals surface area contributed by atoms with Crippen LogP contribution in [-0.2, 0) is 10.3 Å². The molecule has 0 bridgehead atoms. The van der Waals surface area contributed by atoms with Crippen molar-refractivity contribution < 1.29 is 4.74 Å². The number of hydrogen-bond acceptors (Lipinski definition) is 5. The number of hydrogen-bond donors (Lipinski definition) is 1. The van der Waals surface area contributed by atoms with E-state index < -0.39 is 0 Å². The number of piperidine rings is 1. The van der Waals surface area contributed by atoms with E-state index in [1.165, 1.54) is 15.6 Å². The summed E-state index contributed by atoms with van der Waals surface area (Å²) in [7, 11) is 3.96. The predicted octanol–water partition coefficient (Wildman–Crippen LogP) is 2.31. The number of nitrogens with zero attached hydrogens (tertiary/aromatic N) is 2. The highest BCUT2D eigenvalue weighted by Gasteiger charge is 2.40. The van der Waals surface area contributed by atoms with Gasteiger partial charge in [0.2, 0.25) is 0 Å². The number of aromatic nitrogens is 1. The van der Waals surface area contributed by atoms with Crippen molar-refractivity contribution >= 4 is 11.3 Å². The van der Waals surface area contributed by atoms with Gasteiger partial charge in [-0.2, -0.15) is 0 Å². The Bertz CT molecular complexity index is 429. The van der Waals surface area contributed by atoms with E-state index in [4.69, 9.17) is 9.72 Å². The van der Waals surface area contributed by atoms with Gasteiger partial charge in [0.25, 0.3) is 0 Å². The number of thiazole rings is 1. The zero-order valence-electron chi connectivity index (χ0n) is 13.3. The Balaban J connectivity index is 2.24. The van der Waals surface area contributed by atoms with Gasteiger partial charge in [-0.1, -0.05) is 0 Å². The molecule has 2 unspecified atom stereocenters. The largest absolute Gasteiger partial charge is 0.383 e. The zero-order valence-corrected chi connectivity index (χ0v) is 14.1. The van der Waals surface area contributed by atoms with E-state index in [2.05, 4.69) is 38.0 Å². The van der Waals surface area contributed by atoms with E-state index in [0.717, 1.165) is 32.5 Å². The Labute approximate surface area is 126 Å². The van der Waals surface area contributed by atoms with Crippen LogP contribution in [0.5, 0.6) is 0 Å². The molecule has 0 amide bonds. The zero-order chi connectivity index (χ0) is 14.8. The molecule has 1 aromatic rings. The van der Waals surface area contributed by atoms with Crippen molar-refractivity contribution in [3.8, 4) is 0 Å². The summed E-state index contributed by atoms with van der Waals surface area (Å²) < 4.78 is 5.20. The van der Waals surface area contributed by atoms with Gasteiger partial charge in [-0.25, -0.2) is 4.98 Å². The first kappa shape index (κ1) is 15.9. The second-order valence-corrected chi connectivity index (χ2v) is 7.15. The molecule has 4 nitrogen and oxygen atoms in total. The van der Waals surface area contributed by atoms with Gasteiger partial charge in [0, 0.05) is 31.1 Å². The Morgan fingerprint density at radius 3 is 2.80 bits per heavy atom. The Morgan fingerprint density at radius 2 is 2.25 bits per heavy atom. The molecule has 1 aliphatic rings. The van der Waals surface area contributed by atoms with Crippen LogP contribution in [0.25, 0.3) is 0 Å². The summed E-state index contributed by atoms with van der Waals surface area (Å²) in [5.41, 5.74) is 1.19. The minimum absolute atomic E-state index is 0.0220. The average molecular weight is 297 g/mol. The molecule has 5 heteroatoms. The molecule has 1 fully saturated rings. The van der Waals surface area contributed by atoms with E-state index in [-0.39, 0.29) is 5.54 Å².